The van der Waals surface area contributed by atoms with Crippen molar-refractivity contribution in [3.05, 3.63) is 84.0 Å². The van der Waals surface area contributed by atoms with E-state index in [1.807, 2.05) is 42.5 Å². The van der Waals surface area contributed by atoms with Gasteiger partial charge in [-0.05, 0) is 17.7 Å². The number of para-hydroxylation sites is 2. The van der Waals surface area contributed by atoms with Crippen LogP contribution in [0.1, 0.15) is 23.0 Å². The van der Waals surface area contributed by atoms with E-state index in [4.69, 9.17) is 15.6 Å². The van der Waals surface area contributed by atoms with Gasteiger partial charge < -0.3 is 9.64 Å². The van der Waals surface area contributed by atoms with Crippen LogP contribution in [0.25, 0.3) is 0 Å². The second-order valence-electron chi connectivity index (χ2n) is 6.54. The van der Waals surface area contributed by atoms with E-state index in [2.05, 4.69) is 35.3 Å². The third kappa shape index (κ3) is 1.94. The van der Waals surface area contributed by atoms with Crippen molar-refractivity contribution in [3.63, 3.8) is 0 Å². The zero-order chi connectivity index (χ0) is 17.0. The lowest BCUT2D eigenvalue weighted by molar-refractivity contribution is 0.557. The highest BCUT2D eigenvalue weighted by Gasteiger charge is 2.43. The number of anilines is 1. The van der Waals surface area contributed by atoms with Crippen LogP contribution >= 0.6 is 0 Å². The first-order valence-electron chi connectivity index (χ1n) is 8.42. The summed E-state index contributed by atoms with van der Waals surface area (Å²) < 4.78 is 5.61. The summed E-state index contributed by atoms with van der Waals surface area (Å²) in [5.74, 6) is 0.998. The van der Waals surface area contributed by atoms with Crippen LogP contribution < -0.4 is 9.64 Å². The molecule has 2 aromatic rings. The molecule has 0 saturated heterocycles. The van der Waals surface area contributed by atoms with E-state index in [0.717, 1.165) is 11.3 Å². The summed E-state index contributed by atoms with van der Waals surface area (Å²) in [7, 11) is 0. The summed E-state index contributed by atoms with van der Waals surface area (Å²) in [4.78, 5) is 2.06. The van der Waals surface area contributed by atoms with Crippen molar-refractivity contribution in [2.24, 2.45) is 0 Å². The zero-order valence-electron chi connectivity index (χ0n) is 13.5. The van der Waals surface area contributed by atoms with Gasteiger partial charge in [0, 0.05) is 17.2 Å². The first-order valence-corrected chi connectivity index (χ1v) is 8.42. The minimum Gasteiger partial charge on any atom is -0.442 e. The molecule has 4 nitrogen and oxygen atoms in total. The molecular formula is C21H17N3O. The van der Waals surface area contributed by atoms with E-state index in [0.29, 0.717) is 11.6 Å². The van der Waals surface area contributed by atoms with Crippen LogP contribution in [0.4, 0.5) is 5.69 Å². The number of nitrogens with one attached hydrogen (secondary N) is 2. The molecule has 1 aliphatic carbocycles. The van der Waals surface area contributed by atoms with Gasteiger partial charge in [-0.25, -0.2) is 0 Å². The predicted octanol–water partition coefficient (Wildman–Crippen LogP) is 4.22. The molecule has 0 amide bonds. The Morgan fingerprint density at radius 1 is 0.920 bits per heavy atom. The van der Waals surface area contributed by atoms with Crippen LogP contribution in [0.5, 0.6) is 5.75 Å². The Balaban J connectivity index is 1.61. The van der Waals surface area contributed by atoms with Gasteiger partial charge in [0.1, 0.15) is 17.5 Å². The van der Waals surface area contributed by atoms with Crippen molar-refractivity contribution >= 4 is 17.4 Å². The van der Waals surface area contributed by atoms with Crippen LogP contribution in [0, 0.1) is 10.8 Å². The summed E-state index contributed by atoms with van der Waals surface area (Å²) in [6.45, 7) is 0. The molecule has 0 saturated carbocycles. The standard InChI is InChI=1S/C21H17N3O/c22-20(19-15-9-3-6-12-18(15)25-21(19)23)24-16-10-4-1-7-13(16)14-8-2-5-11-17(14)24/h1-13,16,19,22-23H. The minimum absolute atomic E-state index is 0.0791. The fourth-order valence-electron chi connectivity index (χ4n) is 4.11. The number of benzene rings is 2. The first kappa shape index (κ1) is 14.2. The maximum atomic E-state index is 8.95. The Labute approximate surface area is 146 Å². The molecule has 0 radical (unpaired) electrons. The number of ether oxygens (including phenoxy) is 1. The van der Waals surface area contributed by atoms with Gasteiger partial charge in [-0.3, -0.25) is 10.8 Å². The second kappa shape index (κ2) is 5.18. The molecular weight excluding hydrogens is 310 g/mol. The van der Waals surface area contributed by atoms with Gasteiger partial charge in [-0.2, -0.15) is 0 Å². The van der Waals surface area contributed by atoms with Crippen molar-refractivity contribution < 1.29 is 4.74 Å². The normalized spacial score (nSPS) is 25.4. The molecule has 0 spiro atoms. The highest BCUT2D eigenvalue weighted by atomic mass is 16.5. The number of nitrogens with zero attached hydrogens (tertiary/aromatic N) is 1. The van der Waals surface area contributed by atoms with Crippen LogP contribution in [0.3, 0.4) is 0 Å². The Bertz CT molecular complexity index is 959. The van der Waals surface area contributed by atoms with E-state index in [1.165, 1.54) is 5.56 Å². The Hall–Kier alpha value is -3.14. The molecule has 25 heavy (non-hydrogen) atoms. The SMILES string of the molecule is N=C1Oc2ccccc2C1C(=N)N1c2ccccc2C2C=CC=CC21. The number of rotatable bonds is 1. The lowest BCUT2D eigenvalue weighted by atomic mass is 9.91. The number of amidine groups is 1. The summed E-state index contributed by atoms with van der Waals surface area (Å²) in [5.41, 5.74) is 3.18. The Morgan fingerprint density at radius 3 is 2.52 bits per heavy atom. The molecule has 0 bridgehead atoms. The molecule has 3 unspecified atom stereocenters. The topological polar surface area (TPSA) is 60.2 Å². The molecule has 0 aromatic heterocycles. The summed E-state index contributed by atoms with van der Waals surface area (Å²) in [5, 5.41) is 17.2. The third-order valence-electron chi connectivity index (χ3n) is 5.20. The van der Waals surface area contributed by atoms with Crippen molar-refractivity contribution in [2.75, 3.05) is 4.90 Å². The van der Waals surface area contributed by atoms with Gasteiger partial charge in [-0.1, -0.05) is 60.7 Å². The minimum atomic E-state index is -0.456. The third-order valence-corrected chi connectivity index (χ3v) is 5.20. The summed E-state index contributed by atoms with van der Waals surface area (Å²) >= 11 is 0. The highest BCUT2D eigenvalue weighted by molar-refractivity contribution is 6.16. The molecule has 2 N–H and O–H groups in total. The van der Waals surface area contributed by atoms with E-state index in [1.54, 1.807) is 0 Å². The van der Waals surface area contributed by atoms with Gasteiger partial charge in [0.05, 0.1) is 6.04 Å². The van der Waals surface area contributed by atoms with Gasteiger partial charge in [-0.15, -0.1) is 0 Å². The number of allylic oxidation sites excluding steroid dienone is 2. The van der Waals surface area contributed by atoms with E-state index >= 15 is 0 Å². The molecule has 0 fully saturated rings. The molecule has 2 heterocycles. The van der Waals surface area contributed by atoms with E-state index < -0.39 is 5.92 Å². The largest absolute Gasteiger partial charge is 0.442 e. The maximum Gasteiger partial charge on any atom is 0.202 e. The number of hydrogen-bond acceptors (Lipinski definition) is 3. The van der Waals surface area contributed by atoms with Crippen molar-refractivity contribution in [1.82, 2.24) is 0 Å². The lowest BCUT2D eigenvalue weighted by Gasteiger charge is -2.31. The fraction of sp³-hybridized carbons (Fsp3) is 0.143. The number of hydrogen-bond donors (Lipinski definition) is 2. The van der Waals surface area contributed by atoms with E-state index in [9.17, 15) is 0 Å². The highest BCUT2D eigenvalue weighted by Crippen LogP contribution is 2.46. The van der Waals surface area contributed by atoms with Crippen LogP contribution in [0.2, 0.25) is 0 Å². The smallest absolute Gasteiger partial charge is 0.202 e. The average Bonchev–Trinajstić information content (AvgIpc) is 3.15. The average molecular weight is 327 g/mol. The van der Waals surface area contributed by atoms with Crippen molar-refractivity contribution in [3.8, 4) is 5.75 Å². The second-order valence-corrected chi connectivity index (χ2v) is 6.54. The van der Waals surface area contributed by atoms with Crippen molar-refractivity contribution in [2.45, 2.75) is 17.9 Å². The first-order chi connectivity index (χ1) is 12.3. The quantitative estimate of drug-likeness (QED) is 0.609. The molecule has 122 valence electrons. The molecule has 3 aliphatic rings. The maximum absolute atomic E-state index is 8.95. The Kier molecular flexibility index (Phi) is 2.95. The molecule has 2 aliphatic heterocycles. The Morgan fingerprint density at radius 2 is 1.64 bits per heavy atom. The monoisotopic (exact) mass is 327 g/mol. The van der Waals surface area contributed by atoms with Gasteiger partial charge in [0.15, 0.2) is 0 Å². The molecule has 2 aromatic carbocycles. The fourth-order valence-corrected chi connectivity index (χ4v) is 4.11. The number of fused-ring (bicyclic) bond motifs is 4. The molecule has 5 rings (SSSR count). The predicted molar refractivity (Wildman–Crippen MR) is 99.0 cm³/mol. The van der Waals surface area contributed by atoms with E-state index in [-0.39, 0.29) is 17.9 Å². The molecule has 3 atom stereocenters. The molecule has 4 heteroatoms. The van der Waals surface area contributed by atoms with Crippen LogP contribution in [-0.4, -0.2) is 17.8 Å². The van der Waals surface area contributed by atoms with Crippen molar-refractivity contribution in [1.29, 1.82) is 10.8 Å². The summed E-state index contributed by atoms with van der Waals surface area (Å²) in [6.07, 6.45) is 8.45. The lowest BCUT2D eigenvalue weighted by Crippen LogP contribution is -2.42. The van der Waals surface area contributed by atoms with Gasteiger partial charge in [0.2, 0.25) is 5.90 Å². The van der Waals surface area contributed by atoms with Crippen LogP contribution in [0.15, 0.2) is 72.8 Å². The summed E-state index contributed by atoms with van der Waals surface area (Å²) in [6, 6.07) is 16.0. The van der Waals surface area contributed by atoms with Crippen LogP contribution in [-0.2, 0) is 0 Å². The van der Waals surface area contributed by atoms with Gasteiger partial charge >= 0.3 is 0 Å². The van der Waals surface area contributed by atoms with Gasteiger partial charge in [0.25, 0.3) is 0 Å². The zero-order valence-corrected chi connectivity index (χ0v) is 13.5.